The first-order chi connectivity index (χ1) is 5.52. The fourth-order valence-electron chi connectivity index (χ4n) is 0.445. The van der Waals surface area contributed by atoms with E-state index in [2.05, 4.69) is 4.74 Å². The molecule has 1 atom stereocenters. The second-order valence-electron chi connectivity index (χ2n) is 2.27. The lowest BCUT2D eigenvalue weighted by Gasteiger charge is -2.27. The van der Waals surface area contributed by atoms with Crippen molar-refractivity contribution in [2.75, 3.05) is 6.67 Å². The van der Waals surface area contributed by atoms with Crippen molar-refractivity contribution in [1.82, 2.24) is 0 Å². The third-order valence-corrected chi connectivity index (χ3v) is 0.936. The molecule has 0 amide bonds. The molecule has 0 aliphatic carbocycles. The van der Waals surface area contributed by atoms with Gasteiger partial charge in [-0.3, -0.25) is 4.74 Å². The minimum atomic E-state index is -5.83. The Hall–Kier alpha value is -0.530. The molecule has 0 fully saturated rings. The Kier molecular flexibility index (Phi) is 3.18. The van der Waals surface area contributed by atoms with Gasteiger partial charge in [-0.15, -0.1) is 0 Å². The molecule has 0 aromatic rings. The molecule has 0 aliphatic heterocycles. The van der Waals surface area contributed by atoms with Crippen LogP contribution < -0.4 is 0 Å². The molecule has 0 saturated carbocycles. The minimum absolute atomic E-state index is 0.122. The summed E-state index contributed by atoms with van der Waals surface area (Å²) in [5.41, 5.74) is 0. The molecule has 0 heterocycles. The second kappa shape index (κ2) is 3.32. The number of hydrogen-bond acceptors (Lipinski definition) is 1. The predicted octanol–water partition coefficient (Wildman–Crippen LogP) is 2.81. The van der Waals surface area contributed by atoms with Crippen LogP contribution in [0.3, 0.4) is 0 Å². The Morgan fingerprint density at radius 1 is 1.00 bits per heavy atom. The number of alkyl halides is 7. The van der Waals surface area contributed by atoms with E-state index >= 15 is 0 Å². The molecular formula is C5H5F7O. The second-order valence-corrected chi connectivity index (χ2v) is 2.27. The first-order valence-corrected chi connectivity index (χ1v) is 2.91. The molecule has 80 valence electrons. The number of hydrogen-bond donors (Lipinski definition) is 0. The average Bonchev–Trinajstić information content (AvgIpc) is 1.81. The van der Waals surface area contributed by atoms with Crippen LogP contribution in [-0.2, 0) is 4.74 Å². The van der Waals surface area contributed by atoms with E-state index in [-0.39, 0.29) is 6.92 Å². The smallest absolute Gasteiger partial charge is 0.273 e. The summed E-state index contributed by atoms with van der Waals surface area (Å²) in [5.74, 6) is -4.95. The van der Waals surface area contributed by atoms with Gasteiger partial charge in [0.25, 0.3) is 0 Å². The van der Waals surface area contributed by atoms with E-state index in [1.807, 2.05) is 0 Å². The fourth-order valence-corrected chi connectivity index (χ4v) is 0.445. The van der Waals surface area contributed by atoms with Gasteiger partial charge < -0.3 is 0 Å². The van der Waals surface area contributed by atoms with E-state index in [1.165, 1.54) is 0 Å². The van der Waals surface area contributed by atoms with Gasteiger partial charge >= 0.3 is 18.1 Å². The molecule has 0 spiro atoms. The molecular weight excluding hydrogens is 209 g/mol. The first-order valence-electron chi connectivity index (χ1n) is 2.91. The number of halogens is 7. The van der Waals surface area contributed by atoms with Crippen LogP contribution in [0.1, 0.15) is 6.92 Å². The van der Waals surface area contributed by atoms with E-state index in [1.54, 1.807) is 0 Å². The summed E-state index contributed by atoms with van der Waals surface area (Å²) in [5, 5.41) is 0. The van der Waals surface area contributed by atoms with Crippen molar-refractivity contribution in [1.29, 1.82) is 0 Å². The van der Waals surface area contributed by atoms with Gasteiger partial charge in [0.15, 0.2) is 6.67 Å². The van der Waals surface area contributed by atoms with Gasteiger partial charge in [-0.1, -0.05) is 0 Å². The van der Waals surface area contributed by atoms with Crippen LogP contribution in [-0.4, -0.2) is 24.8 Å². The van der Waals surface area contributed by atoms with E-state index < -0.39 is 24.8 Å². The van der Waals surface area contributed by atoms with Gasteiger partial charge in [0.2, 0.25) is 0 Å². The van der Waals surface area contributed by atoms with E-state index in [0.29, 0.717) is 0 Å². The Labute approximate surface area is 68.5 Å². The molecule has 8 heteroatoms. The highest BCUT2D eigenvalue weighted by molar-refractivity contribution is 4.77. The van der Waals surface area contributed by atoms with Crippen molar-refractivity contribution in [3.63, 3.8) is 0 Å². The van der Waals surface area contributed by atoms with Crippen LogP contribution in [0.25, 0.3) is 0 Å². The zero-order valence-corrected chi connectivity index (χ0v) is 6.26. The molecule has 0 saturated heterocycles. The quantitative estimate of drug-likeness (QED) is 0.656. The zero-order valence-electron chi connectivity index (χ0n) is 6.26. The fraction of sp³-hybridized carbons (Fsp3) is 1.00. The maximum atomic E-state index is 12.3. The molecule has 0 radical (unpaired) electrons. The Bertz CT molecular complexity index is 171. The van der Waals surface area contributed by atoms with Crippen LogP contribution in [0.2, 0.25) is 0 Å². The first kappa shape index (κ1) is 12.5. The minimum Gasteiger partial charge on any atom is -0.273 e. The van der Waals surface area contributed by atoms with Gasteiger partial charge in [-0.25, -0.2) is 4.39 Å². The lowest BCUT2D eigenvalue weighted by molar-refractivity contribution is -0.408. The summed E-state index contributed by atoms with van der Waals surface area (Å²) in [6, 6.07) is 0. The normalized spacial score (nSPS) is 18.5. The van der Waals surface area contributed by atoms with Crippen molar-refractivity contribution < 1.29 is 35.5 Å². The molecule has 13 heavy (non-hydrogen) atoms. The van der Waals surface area contributed by atoms with Crippen LogP contribution in [0.15, 0.2) is 0 Å². The molecule has 0 bridgehead atoms. The van der Waals surface area contributed by atoms with Crippen molar-refractivity contribution >= 4 is 0 Å². The summed E-state index contributed by atoms with van der Waals surface area (Å²) in [6.45, 7) is -2.84. The molecule has 1 nitrogen and oxygen atoms in total. The molecule has 0 aliphatic rings. The Balaban J connectivity index is 4.67. The standard InChI is InChI=1S/C5H5F7O/c1-3(7,8)13-4(9,2-6)5(10,11)12/h2H2,1H3. The molecule has 0 N–H and O–H groups in total. The van der Waals surface area contributed by atoms with E-state index in [0.717, 1.165) is 0 Å². The van der Waals surface area contributed by atoms with Gasteiger partial charge in [-0.2, -0.15) is 26.3 Å². The van der Waals surface area contributed by atoms with Gasteiger partial charge in [0.1, 0.15) is 0 Å². The largest absolute Gasteiger partial charge is 0.451 e. The maximum Gasteiger partial charge on any atom is 0.451 e. The van der Waals surface area contributed by atoms with Gasteiger partial charge in [0, 0.05) is 6.92 Å². The third-order valence-electron chi connectivity index (χ3n) is 0.936. The van der Waals surface area contributed by atoms with Gasteiger partial charge in [0.05, 0.1) is 0 Å². The highest BCUT2D eigenvalue weighted by Crippen LogP contribution is 2.39. The van der Waals surface area contributed by atoms with Crippen molar-refractivity contribution in [3.05, 3.63) is 0 Å². The molecule has 0 aromatic heterocycles. The monoisotopic (exact) mass is 214 g/mol. The van der Waals surface area contributed by atoms with Crippen LogP contribution >= 0.6 is 0 Å². The number of ether oxygens (including phenoxy) is 1. The summed E-state index contributed by atoms with van der Waals surface area (Å²) < 4.78 is 84.8. The predicted molar refractivity (Wildman–Crippen MR) is 27.6 cm³/mol. The lowest BCUT2D eigenvalue weighted by atomic mass is 10.3. The number of rotatable bonds is 3. The van der Waals surface area contributed by atoms with E-state index in [4.69, 9.17) is 0 Å². The highest BCUT2D eigenvalue weighted by atomic mass is 19.4. The van der Waals surface area contributed by atoms with Crippen LogP contribution in [0.5, 0.6) is 0 Å². The summed E-state index contributed by atoms with van der Waals surface area (Å²) >= 11 is 0. The molecule has 0 aromatic carbocycles. The van der Waals surface area contributed by atoms with Gasteiger partial charge in [-0.05, 0) is 0 Å². The summed E-state index contributed by atoms with van der Waals surface area (Å²) in [4.78, 5) is 0. The van der Waals surface area contributed by atoms with E-state index in [9.17, 15) is 30.7 Å². The van der Waals surface area contributed by atoms with Crippen LogP contribution in [0.4, 0.5) is 30.7 Å². The molecule has 0 rings (SSSR count). The third kappa shape index (κ3) is 3.37. The van der Waals surface area contributed by atoms with Crippen molar-refractivity contribution in [2.24, 2.45) is 0 Å². The average molecular weight is 214 g/mol. The lowest BCUT2D eigenvalue weighted by Crippen LogP contribution is -2.49. The summed E-state index contributed by atoms with van der Waals surface area (Å²) in [6.07, 6.45) is -10.2. The maximum absolute atomic E-state index is 12.3. The SMILES string of the molecule is CC(F)(F)OC(F)(CF)C(F)(F)F. The van der Waals surface area contributed by atoms with Crippen LogP contribution in [0, 0.1) is 0 Å². The highest BCUT2D eigenvalue weighted by Gasteiger charge is 2.61. The topological polar surface area (TPSA) is 9.23 Å². The zero-order chi connectivity index (χ0) is 10.9. The molecule has 1 unspecified atom stereocenters. The van der Waals surface area contributed by atoms with Crippen molar-refractivity contribution in [3.8, 4) is 0 Å². The Morgan fingerprint density at radius 3 is 1.46 bits per heavy atom. The Morgan fingerprint density at radius 2 is 1.38 bits per heavy atom. The van der Waals surface area contributed by atoms with Crippen molar-refractivity contribution in [2.45, 2.75) is 25.1 Å². The summed E-state index contributed by atoms with van der Waals surface area (Å²) in [7, 11) is 0.